The number of carbonyl (C=O) groups excluding carboxylic acids is 1. The van der Waals surface area contributed by atoms with E-state index >= 15 is 0 Å². The van der Waals surface area contributed by atoms with Crippen molar-refractivity contribution in [2.75, 3.05) is 20.2 Å². The highest BCUT2D eigenvalue weighted by atomic mass is 35.5. The number of carboxylic acid groups (broad SMARTS) is 1. The van der Waals surface area contributed by atoms with Gasteiger partial charge in [0.25, 0.3) is 5.92 Å². The third-order valence-electron chi connectivity index (χ3n) is 5.83. The molecule has 2 aliphatic rings. The average molecular weight is 545 g/mol. The third-order valence-corrected chi connectivity index (χ3v) is 6.16. The Labute approximate surface area is 211 Å². The minimum Gasteiger partial charge on any atom is -0.480 e. The molecule has 3 heterocycles. The van der Waals surface area contributed by atoms with Crippen molar-refractivity contribution in [2.45, 2.75) is 24.4 Å². The summed E-state index contributed by atoms with van der Waals surface area (Å²) in [6, 6.07) is 0.760. The molecule has 2 N–H and O–H groups in total. The number of methoxy groups -OCH3 is 1. The monoisotopic (exact) mass is 544 g/mol. The summed E-state index contributed by atoms with van der Waals surface area (Å²) in [4.78, 5) is 33.4. The van der Waals surface area contributed by atoms with E-state index in [1.807, 2.05) is 0 Å². The number of hydrogen-bond acceptors (Lipinski definition) is 7. The van der Waals surface area contributed by atoms with Crippen molar-refractivity contribution in [2.24, 2.45) is 4.99 Å². The van der Waals surface area contributed by atoms with Crippen LogP contribution in [0.5, 0.6) is 0 Å². The van der Waals surface area contributed by atoms with Crippen molar-refractivity contribution in [3.63, 3.8) is 0 Å². The number of pyridine rings is 1. The van der Waals surface area contributed by atoms with Gasteiger partial charge in [0, 0.05) is 35.3 Å². The first kappa shape index (κ1) is 26.5. The molecule has 0 saturated carbocycles. The van der Waals surface area contributed by atoms with Gasteiger partial charge in [0.2, 0.25) is 0 Å². The van der Waals surface area contributed by atoms with E-state index in [0.717, 1.165) is 24.1 Å². The first-order chi connectivity index (χ1) is 17.4. The second-order valence-electron chi connectivity index (χ2n) is 8.36. The fraction of sp³-hybridized carbons (Fsp3) is 0.304. The van der Waals surface area contributed by atoms with Gasteiger partial charge in [0.05, 0.1) is 25.4 Å². The van der Waals surface area contributed by atoms with Gasteiger partial charge in [0.1, 0.15) is 29.4 Å². The minimum atomic E-state index is -3.33. The molecule has 1 aromatic heterocycles. The molecule has 4 rings (SSSR count). The van der Waals surface area contributed by atoms with E-state index in [-0.39, 0.29) is 27.7 Å². The summed E-state index contributed by atoms with van der Waals surface area (Å²) in [6.07, 6.45) is -0.255. The molecule has 14 heteroatoms. The molecule has 0 spiro atoms. The van der Waals surface area contributed by atoms with Crippen LogP contribution in [0.4, 0.5) is 22.0 Å². The molecule has 1 aromatic carbocycles. The molecule has 196 valence electrons. The van der Waals surface area contributed by atoms with Gasteiger partial charge in [-0.1, -0.05) is 17.7 Å². The summed E-state index contributed by atoms with van der Waals surface area (Å²) in [5.41, 5.74) is -0.824. The quantitative estimate of drug-likeness (QED) is 0.424. The van der Waals surface area contributed by atoms with Crippen molar-refractivity contribution in [1.29, 1.82) is 0 Å². The lowest BCUT2D eigenvalue weighted by molar-refractivity contribution is -0.142. The van der Waals surface area contributed by atoms with Crippen molar-refractivity contribution >= 4 is 29.4 Å². The van der Waals surface area contributed by atoms with Crippen LogP contribution in [-0.4, -0.2) is 64.9 Å². The normalized spacial score (nSPS) is 21.4. The van der Waals surface area contributed by atoms with Crippen LogP contribution in [0.25, 0.3) is 0 Å². The number of aliphatic carboxylic acids is 1. The molecule has 0 unspecified atom stereocenters. The Hall–Kier alpha value is -3.58. The van der Waals surface area contributed by atoms with Gasteiger partial charge < -0.3 is 15.2 Å². The zero-order chi connectivity index (χ0) is 27.1. The number of nitrogens with one attached hydrogen (secondary N) is 1. The van der Waals surface area contributed by atoms with Crippen LogP contribution in [0, 0.1) is 17.5 Å². The number of aliphatic imine (C=N–C) groups is 1. The molecule has 2 aromatic rings. The van der Waals surface area contributed by atoms with E-state index in [0.29, 0.717) is 12.3 Å². The smallest absolute Gasteiger partial charge is 0.338 e. The summed E-state index contributed by atoms with van der Waals surface area (Å²) in [7, 11) is 1.04. The Balaban J connectivity index is 1.88. The maximum atomic E-state index is 14.6. The maximum absolute atomic E-state index is 14.6. The molecule has 0 aliphatic carbocycles. The summed E-state index contributed by atoms with van der Waals surface area (Å²) in [5, 5.41) is 12.0. The van der Waals surface area contributed by atoms with Crippen molar-refractivity contribution in [3.05, 3.63) is 75.5 Å². The van der Waals surface area contributed by atoms with E-state index < -0.39 is 72.6 Å². The van der Waals surface area contributed by atoms with Crippen LogP contribution < -0.4 is 5.32 Å². The topological polar surface area (TPSA) is 104 Å². The van der Waals surface area contributed by atoms with E-state index in [2.05, 4.69) is 15.3 Å². The maximum Gasteiger partial charge on any atom is 0.338 e. The first-order valence-corrected chi connectivity index (χ1v) is 11.0. The van der Waals surface area contributed by atoms with Crippen LogP contribution >= 0.6 is 11.6 Å². The Morgan fingerprint density at radius 2 is 1.97 bits per heavy atom. The highest BCUT2D eigenvalue weighted by Gasteiger charge is 2.49. The highest BCUT2D eigenvalue weighted by molar-refractivity contribution is 6.31. The van der Waals surface area contributed by atoms with Crippen LogP contribution in [0.15, 0.2) is 46.7 Å². The minimum absolute atomic E-state index is 0.0732. The van der Waals surface area contributed by atoms with E-state index in [1.54, 1.807) is 0 Å². The van der Waals surface area contributed by atoms with Crippen molar-refractivity contribution in [3.8, 4) is 0 Å². The second kappa shape index (κ2) is 10.1. The predicted molar refractivity (Wildman–Crippen MR) is 120 cm³/mol. The fourth-order valence-electron chi connectivity index (χ4n) is 4.22. The number of hydrogen-bond donors (Lipinski definition) is 2. The number of halogens is 6. The van der Waals surface area contributed by atoms with Gasteiger partial charge in [0.15, 0.2) is 11.7 Å². The lowest BCUT2D eigenvalue weighted by atomic mass is 9.94. The number of benzene rings is 1. The van der Waals surface area contributed by atoms with Crippen LogP contribution in [0.3, 0.4) is 0 Å². The van der Waals surface area contributed by atoms with Crippen molar-refractivity contribution < 1.29 is 41.4 Å². The molecule has 8 nitrogen and oxygen atoms in total. The summed E-state index contributed by atoms with van der Waals surface area (Å²) in [5.74, 6) is -8.97. The van der Waals surface area contributed by atoms with Gasteiger partial charge in [-0.05, 0) is 12.1 Å². The number of rotatable bonds is 6. The number of likely N-dealkylation sites (tertiary alicyclic amines) is 1. The molecular weight excluding hydrogens is 527 g/mol. The number of ether oxygens (including phenoxy) is 1. The molecule has 1 saturated heterocycles. The number of amidine groups is 1. The lowest BCUT2D eigenvalue weighted by Gasteiger charge is -2.30. The zero-order valence-electron chi connectivity index (χ0n) is 18.9. The van der Waals surface area contributed by atoms with Crippen LogP contribution in [0.1, 0.15) is 23.7 Å². The molecule has 2 aliphatic heterocycles. The van der Waals surface area contributed by atoms with Crippen molar-refractivity contribution in [1.82, 2.24) is 15.2 Å². The predicted octanol–water partition coefficient (Wildman–Crippen LogP) is 3.46. The lowest BCUT2D eigenvalue weighted by Crippen LogP contribution is -2.43. The van der Waals surface area contributed by atoms with E-state index in [1.165, 1.54) is 6.07 Å². The number of carbonyl (C=O) groups is 2. The fourth-order valence-corrected chi connectivity index (χ4v) is 4.50. The molecule has 37 heavy (non-hydrogen) atoms. The van der Waals surface area contributed by atoms with E-state index in [9.17, 15) is 36.6 Å². The Morgan fingerprint density at radius 3 is 2.59 bits per heavy atom. The summed E-state index contributed by atoms with van der Waals surface area (Å²) < 4.78 is 75.0. The summed E-state index contributed by atoms with van der Waals surface area (Å²) in [6.45, 7) is -1.49. The standard InChI is InChI=1S/C23H18ClF5N4O4/c1-37-22(36)17-15(8-33-9-23(28,29)6-16(33)21(34)35)31-20(19-14(27)5-11(26)7-30-19)32-18(17)12-3-2-10(25)4-13(12)24/h2-5,7,16,18H,6,8-9H2,1H3,(H,31,32)(H,34,35)/t16-,18-/m0/s1. The Bertz CT molecular complexity index is 1340. The number of nitrogens with zero attached hydrogens (tertiary/aromatic N) is 3. The third kappa shape index (κ3) is 5.42. The Morgan fingerprint density at radius 1 is 1.24 bits per heavy atom. The van der Waals surface area contributed by atoms with Gasteiger partial charge in [-0.15, -0.1) is 0 Å². The number of carboxylic acids is 1. The first-order valence-electron chi connectivity index (χ1n) is 10.7. The molecule has 0 bridgehead atoms. The zero-order valence-corrected chi connectivity index (χ0v) is 19.7. The highest BCUT2D eigenvalue weighted by Crippen LogP contribution is 2.38. The molecular formula is C23H18ClF5N4O4. The Kier molecular flexibility index (Phi) is 7.20. The number of aromatic nitrogens is 1. The molecule has 2 atom stereocenters. The van der Waals surface area contributed by atoms with Crippen LogP contribution in [-0.2, 0) is 14.3 Å². The molecule has 1 fully saturated rings. The molecule has 0 amide bonds. The SMILES string of the molecule is COC(=O)C1=C(CN2CC(F)(F)C[C@H]2C(=O)O)NC(c2ncc(F)cc2F)=N[C@H]1c1ccc(F)cc1Cl. The summed E-state index contributed by atoms with van der Waals surface area (Å²) >= 11 is 6.21. The van der Waals surface area contributed by atoms with Gasteiger partial charge >= 0.3 is 11.9 Å². The number of esters is 1. The largest absolute Gasteiger partial charge is 0.480 e. The van der Waals surface area contributed by atoms with Gasteiger partial charge in [-0.3, -0.25) is 14.7 Å². The second-order valence-corrected chi connectivity index (χ2v) is 8.77. The van der Waals surface area contributed by atoms with Crippen LogP contribution in [0.2, 0.25) is 5.02 Å². The van der Waals surface area contributed by atoms with Gasteiger partial charge in [-0.2, -0.15) is 0 Å². The van der Waals surface area contributed by atoms with Gasteiger partial charge in [-0.25, -0.2) is 31.7 Å². The average Bonchev–Trinajstić information content (AvgIpc) is 3.12. The van der Waals surface area contributed by atoms with E-state index in [4.69, 9.17) is 16.3 Å². The number of alkyl halides is 2. The molecule has 0 radical (unpaired) electrons.